The highest BCUT2D eigenvalue weighted by molar-refractivity contribution is 5.99. The SMILES string of the molecule is COc1ccc(-c2onc(NCc3c(C)n[nH]c3C)c2C(=O)O)cc1. The molecule has 8 nitrogen and oxygen atoms in total. The Morgan fingerprint density at radius 3 is 2.60 bits per heavy atom. The fraction of sp³-hybridized carbons (Fsp3) is 0.235. The third kappa shape index (κ3) is 3.18. The number of hydrogen-bond donors (Lipinski definition) is 3. The van der Waals surface area contributed by atoms with Crippen molar-refractivity contribution in [3.63, 3.8) is 0 Å². The van der Waals surface area contributed by atoms with E-state index in [4.69, 9.17) is 9.26 Å². The van der Waals surface area contributed by atoms with Gasteiger partial charge < -0.3 is 19.7 Å². The van der Waals surface area contributed by atoms with Crippen LogP contribution in [0, 0.1) is 13.8 Å². The number of nitrogens with zero attached hydrogens (tertiary/aromatic N) is 2. The minimum atomic E-state index is -1.12. The number of anilines is 1. The summed E-state index contributed by atoms with van der Waals surface area (Å²) < 4.78 is 10.4. The molecule has 2 aromatic heterocycles. The lowest BCUT2D eigenvalue weighted by atomic mass is 10.1. The van der Waals surface area contributed by atoms with E-state index in [1.165, 1.54) is 0 Å². The van der Waals surface area contributed by atoms with Crippen LogP contribution in [0.2, 0.25) is 0 Å². The van der Waals surface area contributed by atoms with E-state index in [2.05, 4.69) is 20.7 Å². The van der Waals surface area contributed by atoms with Gasteiger partial charge in [0.2, 0.25) is 0 Å². The van der Waals surface area contributed by atoms with Crippen molar-refractivity contribution in [1.82, 2.24) is 15.4 Å². The van der Waals surface area contributed by atoms with Crippen LogP contribution in [0.4, 0.5) is 5.82 Å². The van der Waals surface area contributed by atoms with Gasteiger partial charge in [0.1, 0.15) is 5.75 Å². The molecule has 0 unspecified atom stereocenters. The Bertz CT molecular complexity index is 877. The summed E-state index contributed by atoms with van der Waals surface area (Å²) in [6.07, 6.45) is 0. The van der Waals surface area contributed by atoms with Gasteiger partial charge in [0.15, 0.2) is 17.1 Å². The van der Waals surface area contributed by atoms with E-state index in [0.29, 0.717) is 17.9 Å². The molecule has 25 heavy (non-hydrogen) atoms. The second-order valence-corrected chi connectivity index (χ2v) is 5.54. The number of carboxylic acid groups (broad SMARTS) is 1. The zero-order valence-corrected chi connectivity index (χ0v) is 14.1. The number of carbonyl (C=O) groups is 1. The molecule has 1 aromatic carbocycles. The summed E-state index contributed by atoms with van der Waals surface area (Å²) >= 11 is 0. The quantitative estimate of drug-likeness (QED) is 0.631. The van der Waals surface area contributed by atoms with Crippen molar-refractivity contribution in [1.29, 1.82) is 0 Å². The number of rotatable bonds is 6. The Morgan fingerprint density at radius 1 is 1.32 bits per heavy atom. The van der Waals surface area contributed by atoms with Crippen LogP contribution in [0.1, 0.15) is 27.3 Å². The fourth-order valence-electron chi connectivity index (χ4n) is 2.56. The number of aromatic nitrogens is 3. The fourth-order valence-corrected chi connectivity index (χ4v) is 2.56. The van der Waals surface area contributed by atoms with E-state index in [1.807, 2.05) is 13.8 Å². The molecule has 0 radical (unpaired) electrons. The number of methoxy groups -OCH3 is 1. The predicted molar refractivity (Wildman–Crippen MR) is 90.8 cm³/mol. The monoisotopic (exact) mass is 342 g/mol. The molecule has 3 N–H and O–H groups in total. The highest BCUT2D eigenvalue weighted by Gasteiger charge is 2.24. The van der Waals surface area contributed by atoms with Crippen LogP contribution < -0.4 is 10.1 Å². The third-order valence-corrected chi connectivity index (χ3v) is 3.97. The molecular formula is C17H18N4O4. The summed E-state index contributed by atoms with van der Waals surface area (Å²) in [5.41, 5.74) is 3.32. The molecule has 2 heterocycles. The molecule has 3 rings (SSSR count). The molecule has 0 amide bonds. The summed E-state index contributed by atoms with van der Waals surface area (Å²) in [4.78, 5) is 11.7. The van der Waals surface area contributed by atoms with Gasteiger partial charge in [0.25, 0.3) is 0 Å². The van der Waals surface area contributed by atoms with Crippen molar-refractivity contribution >= 4 is 11.8 Å². The smallest absolute Gasteiger partial charge is 0.343 e. The van der Waals surface area contributed by atoms with Crippen LogP contribution in [0.3, 0.4) is 0 Å². The lowest BCUT2D eigenvalue weighted by molar-refractivity contribution is 0.0698. The zero-order valence-electron chi connectivity index (χ0n) is 14.1. The Balaban J connectivity index is 1.90. The van der Waals surface area contributed by atoms with Gasteiger partial charge in [0.05, 0.1) is 12.8 Å². The van der Waals surface area contributed by atoms with Gasteiger partial charge >= 0.3 is 5.97 Å². The normalized spacial score (nSPS) is 10.7. The molecule has 0 bridgehead atoms. The van der Waals surface area contributed by atoms with Crippen LogP contribution in [0.25, 0.3) is 11.3 Å². The van der Waals surface area contributed by atoms with Gasteiger partial charge in [-0.1, -0.05) is 5.16 Å². The number of aromatic amines is 1. The standard InChI is InChI=1S/C17H18N4O4/c1-9-13(10(2)20-19-9)8-18-16-14(17(22)23)15(25-21-16)11-4-6-12(24-3)7-5-11/h4-7H,8H2,1-3H3,(H,18,21)(H,19,20)(H,22,23). The third-order valence-electron chi connectivity index (χ3n) is 3.97. The van der Waals surface area contributed by atoms with Crippen LogP contribution in [-0.2, 0) is 6.54 Å². The van der Waals surface area contributed by atoms with Gasteiger partial charge in [-0.3, -0.25) is 5.10 Å². The Hall–Kier alpha value is -3.29. The summed E-state index contributed by atoms with van der Waals surface area (Å²) in [6, 6.07) is 6.91. The van der Waals surface area contributed by atoms with Crippen molar-refractivity contribution in [2.45, 2.75) is 20.4 Å². The van der Waals surface area contributed by atoms with Crippen LogP contribution >= 0.6 is 0 Å². The molecule has 0 fully saturated rings. The lowest BCUT2D eigenvalue weighted by Crippen LogP contribution is -2.07. The average molecular weight is 342 g/mol. The molecule has 0 aliphatic carbocycles. The van der Waals surface area contributed by atoms with Crippen molar-refractivity contribution < 1.29 is 19.2 Å². The molecule has 0 aliphatic rings. The number of ether oxygens (including phenoxy) is 1. The van der Waals surface area contributed by atoms with E-state index in [9.17, 15) is 9.90 Å². The number of benzene rings is 1. The molecule has 0 saturated heterocycles. The van der Waals surface area contributed by atoms with Gasteiger partial charge in [-0.25, -0.2) is 4.79 Å². The van der Waals surface area contributed by atoms with E-state index >= 15 is 0 Å². The van der Waals surface area contributed by atoms with Crippen molar-refractivity contribution in [3.8, 4) is 17.1 Å². The van der Waals surface area contributed by atoms with E-state index in [0.717, 1.165) is 17.0 Å². The van der Waals surface area contributed by atoms with E-state index in [-0.39, 0.29) is 17.1 Å². The lowest BCUT2D eigenvalue weighted by Gasteiger charge is -2.05. The molecule has 130 valence electrons. The number of aromatic carboxylic acids is 1. The van der Waals surface area contributed by atoms with Crippen molar-refractivity contribution in [2.75, 3.05) is 12.4 Å². The maximum Gasteiger partial charge on any atom is 0.343 e. The van der Waals surface area contributed by atoms with Gasteiger partial charge in [-0.15, -0.1) is 0 Å². The van der Waals surface area contributed by atoms with E-state index in [1.54, 1.807) is 31.4 Å². The summed E-state index contributed by atoms with van der Waals surface area (Å²) in [5, 5.41) is 23.5. The predicted octanol–water partition coefficient (Wildman–Crippen LogP) is 3.00. The Morgan fingerprint density at radius 2 is 2.04 bits per heavy atom. The van der Waals surface area contributed by atoms with Crippen molar-refractivity contribution in [3.05, 3.63) is 46.8 Å². The highest BCUT2D eigenvalue weighted by atomic mass is 16.5. The largest absolute Gasteiger partial charge is 0.497 e. The summed E-state index contributed by atoms with van der Waals surface area (Å²) in [5.74, 6) is -0.0730. The molecular weight excluding hydrogens is 324 g/mol. The van der Waals surface area contributed by atoms with E-state index < -0.39 is 5.97 Å². The summed E-state index contributed by atoms with van der Waals surface area (Å²) in [6.45, 7) is 4.17. The Kier molecular flexibility index (Phi) is 4.42. The van der Waals surface area contributed by atoms with Crippen LogP contribution in [0.5, 0.6) is 5.75 Å². The first kappa shape index (κ1) is 16.6. The first-order valence-corrected chi connectivity index (χ1v) is 7.63. The minimum absolute atomic E-state index is 0.0102. The minimum Gasteiger partial charge on any atom is -0.497 e. The second kappa shape index (κ2) is 6.68. The van der Waals surface area contributed by atoms with Gasteiger partial charge in [-0.2, -0.15) is 5.10 Å². The number of H-pyrrole nitrogens is 1. The highest BCUT2D eigenvalue weighted by Crippen LogP contribution is 2.31. The van der Waals surface area contributed by atoms with Crippen LogP contribution in [-0.4, -0.2) is 33.5 Å². The zero-order chi connectivity index (χ0) is 18.0. The van der Waals surface area contributed by atoms with Gasteiger partial charge in [-0.05, 0) is 38.1 Å². The molecule has 8 heteroatoms. The van der Waals surface area contributed by atoms with Crippen LogP contribution in [0.15, 0.2) is 28.8 Å². The maximum absolute atomic E-state index is 11.7. The second-order valence-electron chi connectivity index (χ2n) is 5.54. The molecule has 0 atom stereocenters. The molecule has 0 saturated carbocycles. The number of hydrogen-bond acceptors (Lipinski definition) is 6. The van der Waals surface area contributed by atoms with Gasteiger partial charge in [0, 0.05) is 23.4 Å². The average Bonchev–Trinajstić information content (AvgIpc) is 3.17. The number of carboxylic acids is 1. The summed E-state index contributed by atoms with van der Waals surface area (Å²) in [7, 11) is 1.56. The number of aryl methyl sites for hydroxylation is 2. The number of nitrogens with one attached hydrogen (secondary N) is 2. The molecule has 0 aliphatic heterocycles. The topological polar surface area (TPSA) is 113 Å². The Labute approximate surface area is 143 Å². The maximum atomic E-state index is 11.7. The first-order valence-electron chi connectivity index (χ1n) is 7.63. The first-order chi connectivity index (χ1) is 12.0. The molecule has 3 aromatic rings. The molecule has 0 spiro atoms. The van der Waals surface area contributed by atoms with Crippen molar-refractivity contribution in [2.24, 2.45) is 0 Å².